The molecule has 3 aromatic rings. The zero-order chi connectivity index (χ0) is 20.5. The van der Waals surface area contributed by atoms with E-state index in [0.717, 1.165) is 54.0 Å². The van der Waals surface area contributed by atoms with Crippen LogP contribution in [0.2, 0.25) is 0 Å². The van der Waals surface area contributed by atoms with Gasteiger partial charge in [-0.1, -0.05) is 6.92 Å². The maximum Gasteiger partial charge on any atom is 0.335 e. The molecule has 5 nitrogen and oxygen atoms in total. The van der Waals surface area contributed by atoms with Crippen molar-refractivity contribution in [1.29, 1.82) is 0 Å². The summed E-state index contributed by atoms with van der Waals surface area (Å²) in [4.78, 5) is 21.0. The Kier molecular flexibility index (Phi) is 5.20. The van der Waals surface area contributed by atoms with Gasteiger partial charge in [0, 0.05) is 36.6 Å². The summed E-state index contributed by atoms with van der Waals surface area (Å²) in [7, 11) is 0. The quantitative estimate of drug-likeness (QED) is 0.717. The molecule has 1 aliphatic rings. The van der Waals surface area contributed by atoms with Crippen molar-refractivity contribution < 1.29 is 14.3 Å². The molecule has 0 radical (unpaired) electrons. The lowest BCUT2D eigenvalue weighted by atomic mass is 10.0. The van der Waals surface area contributed by atoms with Crippen LogP contribution in [0.3, 0.4) is 0 Å². The van der Waals surface area contributed by atoms with E-state index in [-0.39, 0.29) is 17.4 Å². The molecule has 1 saturated heterocycles. The summed E-state index contributed by atoms with van der Waals surface area (Å²) in [5.41, 5.74) is 3.55. The van der Waals surface area contributed by atoms with Gasteiger partial charge in [0.2, 0.25) is 0 Å². The largest absolute Gasteiger partial charge is 0.478 e. The van der Waals surface area contributed by atoms with E-state index in [1.165, 1.54) is 12.1 Å². The number of hydrogen-bond acceptors (Lipinski definition) is 4. The van der Waals surface area contributed by atoms with Crippen LogP contribution in [0.1, 0.15) is 24.2 Å². The molecule has 1 N–H and O–H groups in total. The summed E-state index contributed by atoms with van der Waals surface area (Å²) in [6, 6.07) is 13.6. The Morgan fingerprint density at radius 3 is 2.59 bits per heavy atom. The second kappa shape index (κ2) is 7.79. The lowest BCUT2D eigenvalue weighted by Gasteiger charge is -2.41. The van der Waals surface area contributed by atoms with Gasteiger partial charge in [-0.05, 0) is 62.0 Å². The number of likely N-dealkylation sites (N-methyl/N-ethyl adjacent to an activating group) is 1. The molecule has 1 aromatic heterocycles. The van der Waals surface area contributed by atoms with Crippen LogP contribution >= 0.6 is 0 Å². The van der Waals surface area contributed by atoms with Crippen LogP contribution < -0.4 is 4.90 Å². The third kappa shape index (κ3) is 3.80. The highest BCUT2D eigenvalue weighted by Crippen LogP contribution is 2.35. The maximum atomic E-state index is 13.5. The van der Waals surface area contributed by atoms with E-state index in [0.29, 0.717) is 0 Å². The Labute approximate surface area is 169 Å². The number of halogens is 1. The molecule has 0 saturated carbocycles. The third-order valence-corrected chi connectivity index (χ3v) is 5.63. The number of pyridine rings is 1. The summed E-state index contributed by atoms with van der Waals surface area (Å²) in [5.74, 6) is -1.24. The number of carboxylic acid groups (broad SMARTS) is 1. The van der Waals surface area contributed by atoms with Gasteiger partial charge in [-0.15, -0.1) is 0 Å². The maximum absolute atomic E-state index is 13.5. The first kappa shape index (κ1) is 19.3. The molecular weight excluding hydrogens is 369 g/mol. The number of anilines is 1. The summed E-state index contributed by atoms with van der Waals surface area (Å²) < 4.78 is 13.5. The van der Waals surface area contributed by atoms with Gasteiger partial charge in [-0.25, -0.2) is 14.2 Å². The van der Waals surface area contributed by atoms with Crippen LogP contribution in [0.15, 0.2) is 48.5 Å². The molecular formula is C23H24FN3O2. The Balaban J connectivity index is 1.87. The Hall–Kier alpha value is -2.99. The van der Waals surface area contributed by atoms with Gasteiger partial charge in [-0.3, -0.25) is 4.90 Å². The van der Waals surface area contributed by atoms with Crippen molar-refractivity contribution >= 4 is 22.6 Å². The van der Waals surface area contributed by atoms with Crippen LogP contribution in [0.4, 0.5) is 10.1 Å². The van der Waals surface area contributed by atoms with E-state index < -0.39 is 5.97 Å². The highest BCUT2D eigenvalue weighted by atomic mass is 19.1. The van der Waals surface area contributed by atoms with Crippen molar-refractivity contribution in [2.75, 3.05) is 31.1 Å². The predicted molar refractivity (Wildman–Crippen MR) is 113 cm³/mol. The molecule has 1 fully saturated rings. The summed E-state index contributed by atoms with van der Waals surface area (Å²) >= 11 is 0. The first-order valence-corrected chi connectivity index (χ1v) is 9.89. The lowest BCUT2D eigenvalue weighted by Crippen LogP contribution is -2.52. The van der Waals surface area contributed by atoms with Gasteiger partial charge in [0.25, 0.3) is 0 Å². The monoisotopic (exact) mass is 393 g/mol. The van der Waals surface area contributed by atoms with E-state index in [1.807, 2.05) is 6.07 Å². The molecule has 2 heterocycles. The van der Waals surface area contributed by atoms with E-state index in [4.69, 9.17) is 4.98 Å². The second-order valence-corrected chi connectivity index (χ2v) is 7.51. The molecule has 0 aliphatic carbocycles. The van der Waals surface area contributed by atoms with Crippen molar-refractivity contribution in [2.45, 2.75) is 19.9 Å². The fraction of sp³-hybridized carbons (Fsp3) is 0.304. The average molecular weight is 393 g/mol. The smallest absolute Gasteiger partial charge is 0.335 e. The van der Waals surface area contributed by atoms with Crippen LogP contribution in [0.25, 0.3) is 22.2 Å². The van der Waals surface area contributed by atoms with Crippen molar-refractivity contribution in [3.05, 3.63) is 59.9 Å². The molecule has 0 bridgehead atoms. The number of benzene rings is 2. The molecule has 0 amide bonds. The highest BCUT2D eigenvalue weighted by molar-refractivity contribution is 5.96. The van der Waals surface area contributed by atoms with Gasteiger partial charge in [0.15, 0.2) is 0 Å². The number of nitrogens with zero attached hydrogens (tertiary/aromatic N) is 3. The molecule has 1 aliphatic heterocycles. The minimum atomic E-state index is -0.957. The standard InChI is InChI=1S/C23H24FN3O2/c1-3-26-10-11-27(15(2)14-26)21-13-18-12-17(23(28)29)6-9-20(18)25-22(21)16-4-7-19(24)8-5-16/h4-9,12-13,15H,3,10-11,14H2,1-2H3,(H,28,29)/t15-/m0/s1. The van der Waals surface area contributed by atoms with Gasteiger partial charge >= 0.3 is 5.97 Å². The number of carbonyl (C=O) groups is 1. The third-order valence-electron chi connectivity index (χ3n) is 5.63. The fourth-order valence-electron chi connectivity index (χ4n) is 4.02. The van der Waals surface area contributed by atoms with E-state index >= 15 is 0 Å². The number of aromatic carboxylic acids is 1. The minimum absolute atomic E-state index is 0.239. The van der Waals surface area contributed by atoms with Crippen LogP contribution in [-0.4, -0.2) is 53.2 Å². The fourth-order valence-corrected chi connectivity index (χ4v) is 4.02. The topological polar surface area (TPSA) is 56.7 Å². The SMILES string of the molecule is CCN1CCN(c2cc3cc(C(=O)O)ccc3nc2-c2ccc(F)cc2)[C@@H](C)C1. The van der Waals surface area contributed by atoms with Crippen LogP contribution in [-0.2, 0) is 0 Å². The Morgan fingerprint density at radius 2 is 1.93 bits per heavy atom. The van der Waals surface area contributed by atoms with Gasteiger partial charge in [0.1, 0.15) is 5.82 Å². The molecule has 1 atom stereocenters. The van der Waals surface area contributed by atoms with Crippen molar-refractivity contribution in [1.82, 2.24) is 9.88 Å². The first-order chi connectivity index (χ1) is 14.0. The van der Waals surface area contributed by atoms with Crippen LogP contribution in [0.5, 0.6) is 0 Å². The van der Waals surface area contributed by atoms with Gasteiger partial charge < -0.3 is 10.0 Å². The summed E-state index contributed by atoms with van der Waals surface area (Å²) in [5, 5.41) is 10.1. The highest BCUT2D eigenvalue weighted by Gasteiger charge is 2.26. The molecule has 150 valence electrons. The molecule has 6 heteroatoms. The molecule has 4 rings (SSSR count). The van der Waals surface area contributed by atoms with Crippen molar-refractivity contribution in [3.8, 4) is 11.3 Å². The predicted octanol–water partition coefficient (Wildman–Crippen LogP) is 4.27. The van der Waals surface area contributed by atoms with E-state index in [2.05, 4.69) is 23.6 Å². The molecule has 0 unspecified atom stereocenters. The number of rotatable bonds is 4. The Morgan fingerprint density at radius 1 is 1.17 bits per heavy atom. The summed E-state index contributed by atoms with van der Waals surface area (Å²) in [6.45, 7) is 8.13. The lowest BCUT2D eigenvalue weighted by molar-refractivity contribution is 0.0697. The van der Waals surface area contributed by atoms with E-state index in [1.54, 1.807) is 30.3 Å². The summed E-state index contributed by atoms with van der Waals surface area (Å²) in [6.07, 6.45) is 0. The Bertz CT molecular complexity index is 1050. The number of carboxylic acids is 1. The number of hydrogen-bond donors (Lipinski definition) is 1. The zero-order valence-electron chi connectivity index (χ0n) is 16.6. The number of fused-ring (bicyclic) bond motifs is 1. The molecule has 29 heavy (non-hydrogen) atoms. The minimum Gasteiger partial charge on any atom is -0.478 e. The first-order valence-electron chi connectivity index (χ1n) is 9.89. The zero-order valence-corrected chi connectivity index (χ0v) is 16.6. The van der Waals surface area contributed by atoms with Crippen LogP contribution in [0, 0.1) is 5.82 Å². The average Bonchev–Trinajstić information content (AvgIpc) is 2.73. The molecule has 2 aromatic carbocycles. The second-order valence-electron chi connectivity index (χ2n) is 7.51. The van der Waals surface area contributed by atoms with Gasteiger partial charge in [-0.2, -0.15) is 0 Å². The number of aromatic nitrogens is 1. The number of piperazine rings is 1. The van der Waals surface area contributed by atoms with Crippen molar-refractivity contribution in [3.63, 3.8) is 0 Å². The van der Waals surface area contributed by atoms with E-state index in [9.17, 15) is 14.3 Å². The van der Waals surface area contributed by atoms with Crippen molar-refractivity contribution in [2.24, 2.45) is 0 Å². The normalized spacial score (nSPS) is 17.6. The van der Waals surface area contributed by atoms with Gasteiger partial charge in [0.05, 0.1) is 22.5 Å². The molecule has 0 spiro atoms.